The quantitative estimate of drug-likeness (QED) is 0.310. The standard InChI is InChI=1S/C18H25.C13H9.C7H6.2ClH.Zr/c1-12-3-13(2)17(4-12)11-18-8-14-5-15(9-18)7-16(6-14)10-18;1-3-7-12-10(5-1)9-11-6-2-4-8-13(11)12;1-7-5-3-2-4-6-7;;;/h4,12,14-16H,5-11H2,1-2H3;1-5,7-8H,9H2;1-6H;2*1H;/q;;;;;+2/p-2. The van der Waals surface area contributed by atoms with Crippen molar-refractivity contribution in [3.05, 3.63) is 110 Å². The second-order valence-electron chi connectivity index (χ2n) is 13.7. The summed E-state index contributed by atoms with van der Waals surface area (Å²) in [7, 11) is 0. The minimum Gasteiger partial charge on any atom is -1.00 e. The van der Waals surface area contributed by atoms with Crippen LogP contribution in [0.4, 0.5) is 0 Å². The fraction of sp³-hybridized carbons (Fsp3) is 0.395. The van der Waals surface area contributed by atoms with Gasteiger partial charge in [0, 0.05) is 0 Å². The zero-order chi connectivity index (χ0) is 26.1. The molecule has 0 amide bonds. The topological polar surface area (TPSA) is 0 Å². The molecular formula is C38H40Cl2Zr. The van der Waals surface area contributed by atoms with Gasteiger partial charge in [0.1, 0.15) is 0 Å². The average Bonchev–Trinajstić information content (AvgIpc) is 3.43. The molecule has 1 unspecified atom stereocenters. The van der Waals surface area contributed by atoms with Gasteiger partial charge in [-0.2, -0.15) is 0 Å². The molecule has 0 aromatic heterocycles. The molecular weight excluding hydrogens is 619 g/mol. The minimum absolute atomic E-state index is 0. The van der Waals surface area contributed by atoms with Gasteiger partial charge in [0.2, 0.25) is 0 Å². The summed E-state index contributed by atoms with van der Waals surface area (Å²) in [5, 5.41) is 0. The first-order chi connectivity index (χ1) is 19.1. The van der Waals surface area contributed by atoms with E-state index in [2.05, 4.69) is 96.4 Å². The summed E-state index contributed by atoms with van der Waals surface area (Å²) in [6.07, 6.45) is 14.3. The molecule has 0 nitrogen and oxygen atoms in total. The van der Waals surface area contributed by atoms with Crippen molar-refractivity contribution >= 4 is 6.98 Å². The second-order valence-corrected chi connectivity index (χ2v) is 19.1. The van der Waals surface area contributed by atoms with Gasteiger partial charge in [-0.1, -0.05) is 0 Å². The fourth-order valence-corrected chi connectivity index (χ4v) is 17.6. The Kier molecular flexibility index (Phi) is 8.30. The SMILES string of the molecule is CC1=[C](/[Zr+2](=[CH]/c2ccccc2)[c]2cccc3c2Cc2ccccc2-3)C(C)C=C1CC12CC3CC(CC(C3)C1)C2.[Cl-].[Cl-]. The Bertz CT molecular complexity index is 1520. The Morgan fingerprint density at radius 1 is 0.780 bits per heavy atom. The number of hydrogen-bond acceptors (Lipinski definition) is 0. The van der Waals surface area contributed by atoms with Crippen molar-refractivity contribution in [2.45, 2.75) is 65.2 Å². The molecule has 6 aliphatic carbocycles. The van der Waals surface area contributed by atoms with Crippen LogP contribution in [-0.4, -0.2) is 3.71 Å². The molecule has 0 spiro atoms. The van der Waals surface area contributed by atoms with E-state index in [0.29, 0.717) is 11.3 Å². The monoisotopic (exact) mass is 656 g/mol. The van der Waals surface area contributed by atoms with Gasteiger partial charge >= 0.3 is 244 Å². The molecule has 0 N–H and O–H groups in total. The van der Waals surface area contributed by atoms with Crippen LogP contribution in [0.5, 0.6) is 0 Å². The van der Waals surface area contributed by atoms with E-state index < -0.39 is 21.3 Å². The predicted octanol–water partition coefficient (Wildman–Crippen LogP) is 2.82. The second kappa shape index (κ2) is 11.5. The van der Waals surface area contributed by atoms with Gasteiger partial charge in [0.25, 0.3) is 0 Å². The fourth-order valence-electron chi connectivity index (χ4n) is 10.0. The summed E-state index contributed by atoms with van der Waals surface area (Å²) < 4.78 is 6.31. The van der Waals surface area contributed by atoms with E-state index in [1.807, 2.05) is 3.28 Å². The minimum atomic E-state index is -2.38. The Balaban J connectivity index is 0.00000151. The molecule has 3 aromatic carbocycles. The molecule has 3 aromatic rings. The van der Waals surface area contributed by atoms with Crippen molar-refractivity contribution in [1.82, 2.24) is 0 Å². The normalized spacial score (nSPS) is 28.6. The summed E-state index contributed by atoms with van der Waals surface area (Å²) in [5.74, 6) is 3.67. The van der Waals surface area contributed by atoms with Gasteiger partial charge in [0.05, 0.1) is 0 Å². The van der Waals surface area contributed by atoms with Gasteiger partial charge in [-0.3, -0.25) is 0 Å². The predicted molar refractivity (Wildman–Crippen MR) is 161 cm³/mol. The molecule has 1 atom stereocenters. The first-order valence-corrected chi connectivity index (χ1v) is 19.3. The first kappa shape index (κ1) is 29.5. The third-order valence-corrected chi connectivity index (χ3v) is 18.6. The molecule has 0 heterocycles. The van der Waals surface area contributed by atoms with E-state index in [0.717, 1.165) is 24.2 Å². The van der Waals surface area contributed by atoms with Crippen molar-refractivity contribution < 1.29 is 46.1 Å². The van der Waals surface area contributed by atoms with E-state index in [-0.39, 0.29) is 24.8 Å². The largest absolute Gasteiger partial charge is 1.00 e. The summed E-state index contributed by atoms with van der Waals surface area (Å²) in [4.78, 5) is 0. The zero-order valence-corrected chi connectivity index (χ0v) is 28.3. The summed E-state index contributed by atoms with van der Waals surface area (Å²) in [5.41, 5.74) is 11.5. The molecule has 0 aliphatic heterocycles. The summed E-state index contributed by atoms with van der Waals surface area (Å²) >= 11 is -2.38. The van der Waals surface area contributed by atoms with Crippen molar-refractivity contribution in [3.63, 3.8) is 0 Å². The van der Waals surface area contributed by atoms with Crippen LogP contribution < -0.4 is 28.1 Å². The Morgan fingerprint density at radius 2 is 1.41 bits per heavy atom. The number of halogens is 2. The Hall–Kier alpha value is -1.53. The van der Waals surface area contributed by atoms with Crippen LogP contribution in [0.2, 0.25) is 0 Å². The first-order valence-electron chi connectivity index (χ1n) is 15.4. The molecule has 0 radical (unpaired) electrons. The van der Waals surface area contributed by atoms with Crippen molar-refractivity contribution in [2.75, 3.05) is 0 Å². The number of benzene rings is 3. The van der Waals surface area contributed by atoms with Crippen LogP contribution in [0.25, 0.3) is 11.1 Å². The average molecular weight is 659 g/mol. The van der Waals surface area contributed by atoms with Gasteiger partial charge in [0.15, 0.2) is 0 Å². The molecule has 4 saturated carbocycles. The van der Waals surface area contributed by atoms with E-state index in [4.69, 9.17) is 0 Å². The number of hydrogen-bond donors (Lipinski definition) is 0. The van der Waals surface area contributed by atoms with Crippen LogP contribution in [-0.2, 0) is 27.7 Å². The summed E-state index contributed by atoms with van der Waals surface area (Å²) in [6, 6.07) is 27.6. The van der Waals surface area contributed by atoms with E-state index in [1.165, 1.54) is 47.9 Å². The maximum Gasteiger partial charge on any atom is -1.00 e. The van der Waals surface area contributed by atoms with E-state index in [9.17, 15) is 0 Å². The van der Waals surface area contributed by atoms with Gasteiger partial charge in [-0.05, 0) is 0 Å². The van der Waals surface area contributed by atoms with Crippen molar-refractivity contribution in [2.24, 2.45) is 29.1 Å². The maximum absolute atomic E-state index is 2.76. The molecule has 210 valence electrons. The molecule has 4 fully saturated rings. The number of fused-ring (bicyclic) bond motifs is 3. The van der Waals surface area contributed by atoms with Gasteiger partial charge < -0.3 is 24.8 Å². The molecule has 3 heteroatoms. The van der Waals surface area contributed by atoms with Crippen LogP contribution in [0, 0.1) is 29.1 Å². The number of allylic oxidation sites excluding steroid dienone is 4. The molecule has 41 heavy (non-hydrogen) atoms. The molecule has 4 bridgehead atoms. The van der Waals surface area contributed by atoms with Crippen LogP contribution in [0.1, 0.15) is 75.5 Å². The van der Waals surface area contributed by atoms with Crippen LogP contribution in [0.3, 0.4) is 0 Å². The Labute approximate surface area is 266 Å². The zero-order valence-electron chi connectivity index (χ0n) is 24.3. The van der Waals surface area contributed by atoms with Crippen molar-refractivity contribution in [1.29, 1.82) is 0 Å². The molecule has 9 rings (SSSR count). The third-order valence-electron chi connectivity index (χ3n) is 11.1. The van der Waals surface area contributed by atoms with Gasteiger partial charge in [-0.15, -0.1) is 0 Å². The smallest absolute Gasteiger partial charge is 1.00 e. The summed E-state index contributed by atoms with van der Waals surface area (Å²) in [6.45, 7) is 5.03. The van der Waals surface area contributed by atoms with Crippen LogP contribution in [0.15, 0.2) is 93.3 Å². The molecule has 6 aliphatic rings. The maximum atomic E-state index is 2.76. The van der Waals surface area contributed by atoms with Crippen LogP contribution >= 0.6 is 0 Å². The Morgan fingerprint density at radius 3 is 2.12 bits per heavy atom. The number of rotatable bonds is 5. The van der Waals surface area contributed by atoms with E-state index in [1.54, 1.807) is 39.2 Å². The van der Waals surface area contributed by atoms with Crippen molar-refractivity contribution in [3.8, 4) is 11.1 Å². The van der Waals surface area contributed by atoms with Gasteiger partial charge in [-0.25, -0.2) is 0 Å². The third kappa shape index (κ3) is 5.17. The van der Waals surface area contributed by atoms with E-state index >= 15 is 0 Å². The molecule has 0 saturated heterocycles.